The highest BCUT2D eigenvalue weighted by Gasteiger charge is 2.51. The number of benzene rings is 5. The molecule has 9 amide bonds. The van der Waals surface area contributed by atoms with E-state index in [0.717, 1.165) is 22.6 Å². The summed E-state index contributed by atoms with van der Waals surface area (Å²) in [4.78, 5) is 167. The Bertz CT molecular complexity index is 4580. The molecule has 2 aromatic heterocycles. The van der Waals surface area contributed by atoms with Gasteiger partial charge >= 0.3 is 18.0 Å². The second-order valence-corrected chi connectivity index (χ2v) is 25.2. The second kappa shape index (κ2) is 29.8. The SMILES string of the molecule is CC[C@@]1(OC(=O)c2ccccc2CN(C)C(=O)OCc2ccc(NC(=O)CNC(=O)[C@H](Cc3ccccc3)NC(=O)CNC(=O)CNC(=O)c3cc(I)cc(N4C(=O)C=CC4=O)c3)cc2)C(=O)OCc2c1cc1n(c2=O)Cc2c-1nc1cc(F)c(C)c3c1c2[C@@H](NC(=O)CCCO)CC3. The van der Waals surface area contributed by atoms with Crippen molar-refractivity contribution >= 4 is 110 Å². The van der Waals surface area contributed by atoms with Crippen molar-refractivity contribution < 1.29 is 76.4 Å². The van der Waals surface area contributed by atoms with Crippen molar-refractivity contribution in [3.8, 4) is 11.4 Å². The molecule has 7 aromatic rings. The van der Waals surface area contributed by atoms with Crippen molar-refractivity contribution in [2.24, 2.45) is 0 Å². The average molecular weight is 1460 g/mol. The Morgan fingerprint density at radius 3 is 2.27 bits per heavy atom. The van der Waals surface area contributed by atoms with Gasteiger partial charge in [-0.05, 0) is 131 Å². The van der Waals surface area contributed by atoms with Gasteiger partial charge in [0, 0.05) is 82.6 Å². The van der Waals surface area contributed by atoms with Gasteiger partial charge in [-0.25, -0.2) is 28.7 Å². The maximum absolute atomic E-state index is 15.6. The minimum atomic E-state index is -2.13. The van der Waals surface area contributed by atoms with Gasteiger partial charge in [0.2, 0.25) is 35.1 Å². The Hall–Kier alpha value is -11.0. The summed E-state index contributed by atoms with van der Waals surface area (Å²) in [5.41, 5.74) is 3.05. The molecule has 28 heteroatoms. The van der Waals surface area contributed by atoms with Crippen molar-refractivity contribution in [2.45, 2.75) is 96.4 Å². The van der Waals surface area contributed by atoms with Crippen LogP contribution in [0.5, 0.6) is 0 Å². The van der Waals surface area contributed by atoms with Crippen LogP contribution >= 0.6 is 22.6 Å². The molecule has 7 N–H and O–H groups in total. The van der Waals surface area contributed by atoms with E-state index in [1.54, 1.807) is 98.8 Å². The Labute approximate surface area is 578 Å². The zero-order valence-corrected chi connectivity index (χ0v) is 55.9. The summed E-state index contributed by atoms with van der Waals surface area (Å²) in [6, 6.07) is 26.9. The van der Waals surface area contributed by atoms with Crippen LogP contribution in [-0.2, 0) is 97.3 Å². The van der Waals surface area contributed by atoms with Gasteiger partial charge in [0.05, 0.1) is 65.9 Å². The molecule has 0 radical (unpaired) electrons. The van der Waals surface area contributed by atoms with E-state index in [-0.39, 0.29) is 91.5 Å². The third kappa shape index (κ3) is 15.0. The zero-order chi connectivity index (χ0) is 70.4. The van der Waals surface area contributed by atoms with Crippen LogP contribution in [0.3, 0.4) is 0 Å². The maximum atomic E-state index is 15.6. The minimum absolute atomic E-state index is 0.00832. The predicted octanol–water partition coefficient (Wildman–Crippen LogP) is 5.40. The average Bonchev–Trinajstić information content (AvgIpc) is 1.57. The molecule has 510 valence electrons. The second-order valence-electron chi connectivity index (χ2n) is 24.0. The number of halogens is 2. The Kier molecular flexibility index (Phi) is 20.9. The van der Waals surface area contributed by atoms with E-state index in [9.17, 15) is 62.6 Å². The van der Waals surface area contributed by atoms with E-state index in [0.29, 0.717) is 72.1 Å². The van der Waals surface area contributed by atoms with Gasteiger partial charge in [-0.3, -0.25) is 43.2 Å². The summed E-state index contributed by atoms with van der Waals surface area (Å²) in [7, 11) is 1.45. The number of hydrogen-bond donors (Lipinski definition) is 7. The number of aliphatic hydroxyl groups is 1. The summed E-state index contributed by atoms with van der Waals surface area (Å²) in [6.45, 7) is 0.727. The van der Waals surface area contributed by atoms with Gasteiger partial charge < -0.3 is 60.7 Å². The number of aliphatic hydroxyl groups excluding tert-OH is 1. The first kappa shape index (κ1) is 69.3. The summed E-state index contributed by atoms with van der Waals surface area (Å²) >= 11 is 1.92. The monoisotopic (exact) mass is 1460 g/mol. The maximum Gasteiger partial charge on any atom is 0.410 e. The van der Waals surface area contributed by atoms with Crippen LogP contribution in [0, 0.1) is 16.3 Å². The lowest BCUT2D eigenvalue weighted by atomic mass is 9.81. The fraction of sp³-hybridized carbons (Fsp3) is 0.282. The number of pyridine rings is 2. The van der Waals surface area contributed by atoms with Crippen molar-refractivity contribution in [3.05, 3.63) is 202 Å². The number of anilines is 2. The van der Waals surface area contributed by atoms with Crippen LogP contribution in [-0.4, -0.2) is 124 Å². The molecule has 26 nitrogen and oxygen atoms in total. The summed E-state index contributed by atoms with van der Waals surface area (Å²) in [6.07, 6.45) is 2.52. The smallest absolute Gasteiger partial charge is 0.410 e. The van der Waals surface area contributed by atoms with Gasteiger partial charge in [-0.15, -0.1) is 0 Å². The number of aryl methyl sites for hydroxylation is 1. The number of esters is 2. The number of imide groups is 1. The van der Waals surface area contributed by atoms with Gasteiger partial charge in [0.25, 0.3) is 23.3 Å². The van der Waals surface area contributed by atoms with E-state index in [2.05, 4.69) is 31.9 Å². The lowest BCUT2D eigenvalue weighted by molar-refractivity contribution is -0.173. The first-order valence-electron chi connectivity index (χ1n) is 31.6. The standard InChI is InChI=1S/C71H66FIN10O16/c1-4-71(50-29-55-64-48(35-82(55)67(93)49(50)37-97-69(71)95)63-52(78-56(85)15-10-24-84)21-20-46-38(2)51(72)30-53(80-64)62(46)63)99-68(94)47-14-9-8-13-41(47)34-81(3)70(96)98-36-40-16-18-44(19-17-40)77-58(87)33-76-66(92)54(25-39-11-6-5-7-12-39)79-59(88)32-74-57(86)31-75-65(91)42-26-43(73)28-45(27-42)83-60(89)22-23-61(83)90/h5-9,11-14,16-19,22-23,26-30,52,54,84H,4,10,15,20-21,24-25,31-37H2,1-3H3,(H,74,86)(H,75,91)(H,76,92)(H,77,87)(H,78,85)(H,79,88)/t52-,54-,71-/m0/s1. The Morgan fingerprint density at radius 1 is 0.818 bits per heavy atom. The first-order chi connectivity index (χ1) is 47.5. The molecular formula is C71H66FIN10O16. The van der Waals surface area contributed by atoms with Crippen molar-refractivity contribution in [3.63, 3.8) is 0 Å². The van der Waals surface area contributed by atoms with Crippen LogP contribution in [0.2, 0.25) is 0 Å². The van der Waals surface area contributed by atoms with Crippen LogP contribution in [0.25, 0.3) is 22.3 Å². The van der Waals surface area contributed by atoms with E-state index < -0.39 is 115 Å². The number of aromatic nitrogens is 2. The number of carbonyl (C=O) groups excluding carboxylic acids is 11. The van der Waals surface area contributed by atoms with E-state index >= 15 is 4.39 Å². The molecule has 0 saturated carbocycles. The number of carbonyl (C=O) groups is 11. The molecule has 99 heavy (non-hydrogen) atoms. The molecule has 4 aliphatic rings. The van der Waals surface area contributed by atoms with Crippen LogP contribution in [0.15, 0.2) is 126 Å². The van der Waals surface area contributed by atoms with Crippen molar-refractivity contribution in [1.82, 2.24) is 41.0 Å². The topological polar surface area (TPSA) is 349 Å². The number of nitrogens with zero attached hydrogens (tertiary/aromatic N) is 4. The van der Waals surface area contributed by atoms with E-state index in [1.165, 1.54) is 40.8 Å². The third-order valence-electron chi connectivity index (χ3n) is 17.5. The predicted molar refractivity (Wildman–Crippen MR) is 362 cm³/mol. The largest absolute Gasteiger partial charge is 0.457 e. The fourth-order valence-corrected chi connectivity index (χ4v) is 13.1. The quantitative estimate of drug-likeness (QED) is 0.0172. The van der Waals surface area contributed by atoms with E-state index in [4.69, 9.17) is 19.2 Å². The summed E-state index contributed by atoms with van der Waals surface area (Å²) in [5, 5.41) is 25.8. The molecule has 0 spiro atoms. The van der Waals surface area contributed by atoms with Gasteiger partial charge in [-0.1, -0.05) is 67.6 Å². The number of amides is 9. The van der Waals surface area contributed by atoms with Gasteiger partial charge in [-0.2, -0.15) is 0 Å². The van der Waals surface area contributed by atoms with E-state index in [1.807, 2.05) is 22.6 Å². The summed E-state index contributed by atoms with van der Waals surface area (Å²) < 4.78 is 35.1. The molecule has 0 unspecified atom stereocenters. The molecule has 5 aromatic carbocycles. The third-order valence-corrected chi connectivity index (χ3v) is 18.1. The lowest BCUT2D eigenvalue weighted by Crippen LogP contribution is -2.52. The van der Waals surface area contributed by atoms with Crippen LogP contribution < -0.4 is 42.4 Å². The number of ether oxygens (including phenoxy) is 3. The lowest BCUT2D eigenvalue weighted by Gasteiger charge is -2.35. The molecule has 3 atom stereocenters. The highest BCUT2D eigenvalue weighted by atomic mass is 127. The molecule has 0 fully saturated rings. The zero-order valence-electron chi connectivity index (χ0n) is 53.7. The van der Waals surface area contributed by atoms with Gasteiger partial charge in [0.15, 0.2) is 0 Å². The first-order valence-corrected chi connectivity index (χ1v) is 32.7. The number of rotatable bonds is 24. The highest BCUT2D eigenvalue weighted by Crippen LogP contribution is 2.47. The van der Waals surface area contributed by atoms with Crippen molar-refractivity contribution in [2.75, 3.05) is 43.5 Å². The van der Waals surface area contributed by atoms with Crippen LogP contribution in [0.1, 0.15) is 109 Å². The van der Waals surface area contributed by atoms with Crippen molar-refractivity contribution in [1.29, 1.82) is 0 Å². The Balaban J connectivity index is 0.680. The number of hydrogen-bond acceptors (Lipinski definition) is 17. The molecule has 11 rings (SSSR count). The minimum Gasteiger partial charge on any atom is -0.457 e. The number of nitrogens with one attached hydrogen (secondary N) is 6. The molecule has 0 saturated heterocycles. The molecule has 1 aliphatic carbocycles. The normalized spacial score (nSPS) is 15.8. The summed E-state index contributed by atoms with van der Waals surface area (Å²) in [5.74, 6) is -7.29. The molecule has 3 aliphatic heterocycles. The fourth-order valence-electron chi connectivity index (χ4n) is 12.5. The number of cyclic esters (lactones) is 1. The number of fused-ring (bicyclic) bond motifs is 5. The van der Waals surface area contributed by atoms with Gasteiger partial charge in [0.1, 0.15) is 25.1 Å². The Morgan fingerprint density at radius 2 is 1.54 bits per heavy atom. The van der Waals surface area contributed by atoms with Crippen LogP contribution in [0.4, 0.5) is 20.6 Å². The molecule has 0 bridgehead atoms. The highest BCUT2D eigenvalue weighted by molar-refractivity contribution is 14.1. The molecule has 5 heterocycles. The molecular weight excluding hydrogens is 1390 g/mol.